The second-order valence-corrected chi connectivity index (χ2v) is 3.39. The molecule has 0 spiro atoms. The molecule has 16 heavy (non-hydrogen) atoms. The first-order valence-electron chi connectivity index (χ1n) is 4.79. The largest absolute Gasteiger partial charge is 0.480 e. The number of hydrogen-bond acceptors (Lipinski definition) is 2. The lowest BCUT2D eigenvalue weighted by atomic mass is 10.3. The number of likely N-dealkylation sites (N-methyl/N-ethyl adjacent to an activating group) is 1. The minimum absolute atomic E-state index is 0.212. The number of rotatable bonds is 5. The van der Waals surface area contributed by atoms with Gasteiger partial charge in [-0.2, -0.15) is 0 Å². The molecule has 0 saturated carbocycles. The van der Waals surface area contributed by atoms with Gasteiger partial charge < -0.3 is 14.6 Å². The Bertz CT molecular complexity index is 409. The van der Waals surface area contributed by atoms with Crippen LogP contribution in [0.1, 0.15) is 10.5 Å². The Kier molecular flexibility index (Phi) is 3.88. The molecule has 0 aliphatic rings. The third kappa shape index (κ3) is 2.73. The third-order valence-electron chi connectivity index (χ3n) is 2.10. The zero-order chi connectivity index (χ0) is 12.1. The first kappa shape index (κ1) is 12.0. The average Bonchev–Trinajstić information content (AvgIpc) is 2.64. The van der Waals surface area contributed by atoms with Crippen LogP contribution in [-0.4, -0.2) is 40.0 Å². The normalized spacial score (nSPS) is 9.81. The van der Waals surface area contributed by atoms with Crippen molar-refractivity contribution in [3.05, 3.63) is 36.7 Å². The van der Waals surface area contributed by atoms with Crippen molar-refractivity contribution >= 4 is 11.9 Å². The number of carboxylic acid groups (broad SMARTS) is 1. The summed E-state index contributed by atoms with van der Waals surface area (Å²) in [7, 11) is 1.64. The monoisotopic (exact) mass is 222 g/mol. The Balaban J connectivity index is 2.86. The molecule has 1 aromatic rings. The Morgan fingerprint density at radius 3 is 2.88 bits per heavy atom. The smallest absolute Gasteiger partial charge is 0.323 e. The van der Waals surface area contributed by atoms with E-state index in [4.69, 9.17) is 5.11 Å². The number of carbonyl (C=O) groups is 2. The zero-order valence-corrected chi connectivity index (χ0v) is 9.09. The lowest BCUT2D eigenvalue weighted by molar-refractivity contribution is -0.137. The fourth-order valence-corrected chi connectivity index (χ4v) is 1.36. The molecule has 0 aliphatic carbocycles. The van der Waals surface area contributed by atoms with Crippen LogP contribution in [0.4, 0.5) is 0 Å². The van der Waals surface area contributed by atoms with E-state index in [9.17, 15) is 9.59 Å². The van der Waals surface area contributed by atoms with E-state index >= 15 is 0 Å². The van der Waals surface area contributed by atoms with Gasteiger partial charge in [0.25, 0.3) is 5.91 Å². The van der Waals surface area contributed by atoms with Gasteiger partial charge in [0, 0.05) is 19.8 Å². The molecule has 0 atom stereocenters. The van der Waals surface area contributed by atoms with Crippen molar-refractivity contribution in [2.75, 3.05) is 13.6 Å². The summed E-state index contributed by atoms with van der Waals surface area (Å²) in [4.78, 5) is 23.9. The summed E-state index contributed by atoms with van der Waals surface area (Å²) in [5, 5.41) is 8.67. The van der Waals surface area contributed by atoms with E-state index in [1.165, 1.54) is 9.47 Å². The van der Waals surface area contributed by atoms with Crippen molar-refractivity contribution in [1.29, 1.82) is 0 Å². The van der Waals surface area contributed by atoms with Crippen molar-refractivity contribution in [2.45, 2.75) is 6.54 Å². The highest BCUT2D eigenvalue weighted by Gasteiger charge is 2.15. The van der Waals surface area contributed by atoms with E-state index in [1.807, 2.05) is 0 Å². The van der Waals surface area contributed by atoms with Crippen molar-refractivity contribution in [3.63, 3.8) is 0 Å². The van der Waals surface area contributed by atoms with Crippen molar-refractivity contribution in [3.8, 4) is 0 Å². The minimum atomic E-state index is -0.975. The maximum absolute atomic E-state index is 11.9. The van der Waals surface area contributed by atoms with Gasteiger partial charge in [0.1, 0.15) is 12.2 Å². The summed E-state index contributed by atoms with van der Waals surface area (Å²) in [5.74, 6) is -1.19. The predicted octanol–water partition coefficient (Wildman–Crippen LogP) is 0.831. The molecular weight excluding hydrogens is 208 g/mol. The summed E-state index contributed by atoms with van der Waals surface area (Å²) in [6.07, 6.45) is 3.19. The van der Waals surface area contributed by atoms with E-state index in [0.29, 0.717) is 12.2 Å². The minimum Gasteiger partial charge on any atom is -0.480 e. The quantitative estimate of drug-likeness (QED) is 0.750. The van der Waals surface area contributed by atoms with Crippen LogP contribution < -0.4 is 0 Å². The molecule has 1 N–H and O–H groups in total. The molecule has 0 aromatic carbocycles. The number of aromatic nitrogens is 1. The molecule has 5 heteroatoms. The zero-order valence-electron chi connectivity index (χ0n) is 9.09. The number of carboxylic acids is 1. The van der Waals surface area contributed by atoms with Crippen LogP contribution in [0.5, 0.6) is 0 Å². The SMILES string of the molecule is C=CCN(C)C(=O)c1cccn1CC(=O)O. The highest BCUT2D eigenvalue weighted by molar-refractivity contribution is 5.93. The topological polar surface area (TPSA) is 62.5 Å². The van der Waals surface area contributed by atoms with Gasteiger partial charge in [-0.25, -0.2) is 0 Å². The fourth-order valence-electron chi connectivity index (χ4n) is 1.36. The van der Waals surface area contributed by atoms with E-state index in [-0.39, 0.29) is 12.5 Å². The Hall–Kier alpha value is -2.04. The molecule has 1 amide bonds. The van der Waals surface area contributed by atoms with Gasteiger partial charge in [-0.15, -0.1) is 6.58 Å². The van der Waals surface area contributed by atoms with Crippen LogP contribution in [0, 0.1) is 0 Å². The molecule has 5 nitrogen and oxygen atoms in total. The molecule has 86 valence electrons. The van der Waals surface area contributed by atoms with Gasteiger partial charge in [0.2, 0.25) is 0 Å². The summed E-state index contributed by atoms with van der Waals surface area (Å²) < 4.78 is 1.41. The van der Waals surface area contributed by atoms with Gasteiger partial charge in [-0.3, -0.25) is 9.59 Å². The summed E-state index contributed by atoms with van der Waals surface area (Å²) in [5.41, 5.74) is 0.367. The molecule has 1 rings (SSSR count). The van der Waals surface area contributed by atoms with Crippen LogP contribution in [0.3, 0.4) is 0 Å². The molecular formula is C11H14N2O3. The van der Waals surface area contributed by atoms with Crippen LogP contribution >= 0.6 is 0 Å². The van der Waals surface area contributed by atoms with Crippen LogP contribution in [0.15, 0.2) is 31.0 Å². The highest BCUT2D eigenvalue weighted by atomic mass is 16.4. The summed E-state index contributed by atoms with van der Waals surface area (Å²) in [6, 6.07) is 3.25. The van der Waals surface area contributed by atoms with E-state index in [1.54, 1.807) is 31.5 Å². The van der Waals surface area contributed by atoms with Crippen LogP contribution in [0.2, 0.25) is 0 Å². The summed E-state index contributed by atoms with van der Waals surface area (Å²) in [6.45, 7) is 3.76. The molecule has 1 heterocycles. The maximum Gasteiger partial charge on any atom is 0.323 e. The standard InChI is InChI=1S/C11H14N2O3/c1-3-6-12(2)11(16)9-5-4-7-13(9)8-10(14)15/h3-5,7H,1,6,8H2,2H3,(H,14,15). The Labute approximate surface area is 93.6 Å². The highest BCUT2D eigenvalue weighted by Crippen LogP contribution is 2.05. The van der Waals surface area contributed by atoms with E-state index in [2.05, 4.69) is 6.58 Å². The Morgan fingerprint density at radius 2 is 2.31 bits per heavy atom. The van der Waals surface area contributed by atoms with Crippen molar-refractivity contribution in [2.24, 2.45) is 0 Å². The number of amides is 1. The number of nitrogens with zero attached hydrogens (tertiary/aromatic N) is 2. The predicted molar refractivity (Wildman–Crippen MR) is 59.2 cm³/mol. The Morgan fingerprint density at radius 1 is 1.62 bits per heavy atom. The lowest BCUT2D eigenvalue weighted by Crippen LogP contribution is -2.29. The van der Waals surface area contributed by atoms with Gasteiger partial charge >= 0.3 is 5.97 Å². The molecule has 0 bridgehead atoms. The fraction of sp³-hybridized carbons (Fsp3) is 0.273. The second-order valence-electron chi connectivity index (χ2n) is 3.39. The van der Waals surface area contributed by atoms with E-state index < -0.39 is 5.97 Å². The molecule has 1 aromatic heterocycles. The number of hydrogen-bond donors (Lipinski definition) is 1. The maximum atomic E-state index is 11.9. The first-order chi connectivity index (χ1) is 7.56. The molecule has 0 unspecified atom stereocenters. The number of carbonyl (C=O) groups excluding carboxylic acids is 1. The molecule has 0 radical (unpaired) electrons. The second kappa shape index (κ2) is 5.16. The number of aliphatic carboxylic acids is 1. The summed E-state index contributed by atoms with van der Waals surface area (Å²) >= 11 is 0. The molecule has 0 saturated heterocycles. The molecule has 0 fully saturated rings. The van der Waals surface area contributed by atoms with Gasteiger partial charge in [0.15, 0.2) is 0 Å². The average molecular weight is 222 g/mol. The third-order valence-corrected chi connectivity index (χ3v) is 2.10. The van der Waals surface area contributed by atoms with Crippen LogP contribution in [0.25, 0.3) is 0 Å². The van der Waals surface area contributed by atoms with Gasteiger partial charge in [-0.05, 0) is 12.1 Å². The lowest BCUT2D eigenvalue weighted by Gasteiger charge is -2.15. The van der Waals surface area contributed by atoms with Gasteiger partial charge in [-0.1, -0.05) is 6.08 Å². The van der Waals surface area contributed by atoms with Crippen molar-refractivity contribution in [1.82, 2.24) is 9.47 Å². The van der Waals surface area contributed by atoms with Crippen molar-refractivity contribution < 1.29 is 14.7 Å². The van der Waals surface area contributed by atoms with Gasteiger partial charge in [0.05, 0.1) is 0 Å². The van der Waals surface area contributed by atoms with E-state index in [0.717, 1.165) is 0 Å². The first-order valence-corrected chi connectivity index (χ1v) is 4.79. The van der Waals surface area contributed by atoms with Crippen LogP contribution in [-0.2, 0) is 11.3 Å². The molecule has 0 aliphatic heterocycles.